The zero-order chi connectivity index (χ0) is 9.84. The van der Waals surface area contributed by atoms with Crippen LogP contribution >= 0.6 is 0 Å². The van der Waals surface area contributed by atoms with Crippen LogP contribution in [-0.4, -0.2) is 15.9 Å². The van der Waals surface area contributed by atoms with Gasteiger partial charge in [0.15, 0.2) is 0 Å². The van der Waals surface area contributed by atoms with Crippen LogP contribution in [0.15, 0.2) is 18.3 Å². The third-order valence-corrected chi connectivity index (χ3v) is 1.44. The number of imidazole rings is 1. The van der Waals surface area contributed by atoms with Crippen molar-refractivity contribution in [2.24, 2.45) is 0 Å². The number of carbonyl (C=O) groups excluding carboxylic acids is 1. The van der Waals surface area contributed by atoms with E-state index >= 15 is 0 Å². The third-order valence-electron chi connectivity index (χ3n) is 1.44. The molecule has 0 aromatic carbocycles. The molecule has 1 heterocycles. The average Bonchev–Trinajstić information content (AvgIpc) is 2.47. The van der Waals surface area contributed by atoms with E-state index in [4.69, 9.17) is 4.74 Å². The molecule has 70 valence electrons. The fourth-order valence-electron chi connectivity index (χ4n) is 0.797. The Morgan fingerprint density at radius 3 is 2.92 bits per heavy atom. The summed E-state index contributed by atoms with van der Waals surface area (Å²) in [5, 5.41) is 0. The normalized spacial score (nSPS) is 9.69. The fourth-order valence-corrected chi connectivity index (χ4v) is 0.797. The van der Waals surface area contributed by atoms with Gasteiger partial charge in [0.2, 0.25) is 0 Å². The highest BCUT2D eigenvalue weighted by molar-refractivity contribution is 5.86. The van der Waals surface area contributed by atoms with Crippen LogP contribution < -0.4 is 0 Å². The van der Waals surface area contributed by atoms with E-state index in [0.717, 1.165) is 5.69 Å². The molecule has 0 radical (unpaired) electrons. The number of aromatic nitrogens is 2. The number of esters is 1. The van der Waals surface area contributed by atoms with E-state index in [9.17, 15) is 4.79 Å². The molecule has 1 rings (SSSR count). The lowest BCUT2D eigenvalue weighted by Crippen LogP contribution is -2.05. The number of nitrogens with one attached hydrogen (secondary N) is 1. The second kappa shape index (κ2) is 3.89. The topological polar surface area (TPSA) is 55.0 Å². The molecule has 0 aliphatic carbocycles. The van der Waals surface area contributed by atoms with Crippen molar-refractivity contribution < 1.29 is 9.53 Å². The molecule has 0 aliphatic rings. The summed E-state index contributed by atoms with van der Waals surface area (Å²) in [4.78, 5) is 17.9. The summed E-state index contributed by atoms with van der Waals surface area (Å²) in [7, 11) is 0. The first-order chi connectivity index (χ1) is 6.09. The summed E-state index contributed by atoms with van der Waals surface area (Å²) < 4.78 is 4.87. The minimum Gasteiger partial charge on any atom is -0.454 e. The van der Waals surface area contributed by atoms with Crippen molar-refractivity contribution >= 4 is 5.97 Å². The van der Waals surface area contributed by atoms with Gasteiger partial charge >= 0.3 is 5.97 Å². The zero-order valence-corrected chi connectivity index (χ0v) is 7.76. The Hall–Kier alpha value is -1.58. The lowest BCUT2D eigenvalue weighted by Gasteiger charge is -2.00. The second-order valence-electron chi connectivity index (χ2n) is 2.87. The first kappa shape index (κ1) is 9.51. The molecule has 0 fully saturated rings. The highest BCUT2D eigenvalue weighted by atomic mass is 16.5. The summed E-state index contributed by atoms with van der Waals surface area (Å²) in [6.07, 6.45) is 1.68. The number of hydrogen-bond donors (Lipinski definition) is 1. The van der Waals surface area contributed by atoms with Crippen molar-refractivity contribution in [2.45, 2.75) is 20.5 Å². The summed E-state index contributed by atoms with van der Waals surface area (Å²) in [6, 6.07) is 0. The Balaban J connectivity index is 2.44. The molecule has 0 amide bonds. The first-order valence-corrected chi connectivity index (χ1v) is 3.92. The molecule has 1 N–H and O–H groups in total. The SMILES string of the molecule is C=C(C)C(=O)OCc1ncc(C)[nH]1. The van der Waals surface area contributed by atoms with Gasteiger partial charge in [-0.05, 0) is 13.8 Å². The number of aromatic amines is 1. The molecule has 0 unspecified atom stereocenters. The number of carbonyl (C=O) groups is 1. The maximum absolute atomic E-state index is 11.0. The van der Waals surface area contributed by atoms with Crippen LogP contribution in [0.2, 0.25) is 0 Å². The van der Waals surface area contributed by atoms with E-state index in [2.05, 4.69) is 16.5 Å². The standard InChI is InChI=1S/C9H12N2O2/c1-6(2)9(12)13-5-8-10-4-7(3)11-8/h4H,1,5H2,2-3H3,(H,10,11). The van der Waals surface area contributed by atoms with Gasteiger partial charge in [-0.3, -0.25) is 0 Å². The molecule has 4 nitrogen and oxygen atoms in total. The maximum atomic E-state index is 11.0. The zero-order valence-electron chi connectivity index (χ0n) is 7.76. The summed E-state index contributed by atoms with van der Waals surface area (Å²) in [6.45, 7) is 7.13. The van der Waals surface area contributed by atoms with Gasteiger partial charge in [0.05, 0.1) is 0 Å². The summed E-state index contributed by atoms with van der Waals surface area (Å²) >= 11 is 0. The van der Waals surface area contributed by atoms with Gasteiger partial charge in [0, 0.05) is 17.5 Å². The molecule has 0 atom stereocenters. The van der Waals surface area contributed by atoms with Gasteiger partial charge in [-0.2, -0.15) is 0 Å². The Morgan fingerprint density at radius 1 is 1.77 bits per heavy atom. The van der Waals surface area contributed by atoms with E-state index in [1.54, 1.807) is 13.1 Å². The molecular formula is C9H12N2O2. The van der Waals surface area contributed by atoms with E-state index in [0.29, 0.717) is 11.4 Å². The first-order valence-electron chi connectivity index (χ1n) is 3.92. The minimum atomic E-state index is -0.394. The van der Waals surface area contributed by atoms with Crippen molar-refractivity contribution in [2.75, 3.05) is 0 Å². The monoisotopic (exact) mass is 180 g/mol. The van der Waals surface area contributed by atoms with Gasteiger partial charge in [-0.25, -0.2) is 9.78 Å². The fraction of sp³-hybridized carbons (Fsp3) is 0.333. The van der Waals surface area contributed by atoms with Crippen LogP contribution in [0.25, 0.3) is 0 Å². The summed E-state index contributed by atoms with van der Waals surface area (Å²) in [5.74, 6) is 0.251. The Morgan fingerprint density at radius 2 is 2.46 bits per heavy atom. The van der Waals surface area contributed by atoms with Crippen molar-refractivity contribution in [3.63, 3.8) is 0 Å². The van der Waals surface area contributed by atoms with Gasteiger partial charge in [-0.1, -0.05) is 6.58 Å². The van der Waals surface area contributed by atoms with E-state index in [1.165, 1.54) is 0 Å². The molecular weight excluding hydrogens is 168 g/mol. The molecule has 0 bridgehead atoms. The quantitative estimate of drug-likeness (QED) is 0.564. The largest absolute Gasteiger partial charge is 0.454 e. The van der Waals surface area contributed by atoms with Crippen molar-refractivity contribution in [1.29, 1.82) is 0 Å². The molecule has 0 spiro atoms. The molecule has 13 heavy (non-hydrogen) atoms. The predicted octanol–water partition coefficient (Wildman–Crippen LogP) is 1.34. The van der Waals surface area contributed by atoms with Crippen LogP contribution in [0.4, 0.5) is 0 Å². The number of rotatable bonds is 3. The number of nitrogens with zero attached hydrogens (tertiary/aromatic N) is 1. The molecule has 4 heteroatoms. The van der Waals surface area contributed by atoms with Crippen LogP contribution in [0.3, 0.4) is 0 Å². The van der Waals surface area contributed by atoms with Crippen molar-refractivity contribution in [1.82, 2.24) is 9.97 Å². The predicted molar refractivity (Wildman–Crippen MR) is 47.9 cm³/mol. The van der Waals surface area contributed by atoms with Crippen LogP contribution in [0.1, 0.15) is 18.4 Å². The van der Waals surface area contributed by atoms with Gasteiger partial charge in [-0.15, -0.1) is 0 Å². The van der Waals surface area contributed by atoms with Gasteiger partial charge in [0.1, 0.15) is 12.4 Å². The van der Waals surface area contributed by atoms with Crippen LogP contribution in [0, 0.1) is 6.92 Å². The third kappa shape index (κ3) is 2.74. The average molecular weight is 180 g/mol. The highest BCUT2D eigenvalue weighted by Crippen LogP contribution is 1.99. The van der Waals surface area contributed by atoms with Crippen molar-refractivity contribution in [3.8, 4) is 0 Å². The number of aryl methyl sites for hydroxylation is 1. The van der Waals surface area contributed by atoms with E-state index in [1.807, 2.05) is 6.92 Å². The van der Waals surface area contributed by atoms with Crippen molar-refractivity contribution in [3.05, 3.63) is 29.9 Å². The van der Waals surface area contributed by atoms with Crippen LogP contribution in [-0.2, 0) is 16.1 Å². The Labute approximate surface area is 76.6 Å². The summed E-state index contributed by atoms with van der Waals surface area (Å²) in [5.41, 5.74) is 1.34. The van der Waals surface area contributed by atoms with E-state index in [-0.39, 0.29) is 6.61 Å². The Kier molecular flexibility index (Phi) is 2.84. The number of hydrogen-bond acceptors (Lipinski definition) is 3. The lowest BCUT2D eigenvalue weighted by molar-refractivity contribution is -0.140. The molecule has 1 aromatic rings. The molecule has 0 saturated heterocycles. The molecule has 0 saturated carbocycles. The number of ether oxygens (including phenoxy) is 1. The highest BCUT2D eigenvalue weighted by Gasteiger charge is 2.04. The minimum absolute atomic E-state index is 0.166. The second-order valence-corrected chi connectivity index (χ2v) is 2.87. The molecule has 0 aliphatic heterocycles. The van der Waals surface area contributed by atoms with Gasteiger partial charge < -0.3 is 9.72 Å². The lowest BCUT2D eigenvalue weighted by atomic mass is 10.4. The smallest absolute Gasteiger partial charge is 0.333 e. The van der Waals surface area contributed by atoms with Gasteiger partial charge in [0.25, 0.3) is 0 Å². The van der Waals surface area contributed by atoms with Crippen LogP contribution in [0.5, 0.6) is 0 Å². The molecule has 1 aromatic heterocycles. The number of H-pyrrole nitrogens is 1. The maximum Gasteiger partial charge on any atom is 0.333 e. The Bertz CT molecular complexity index is 328. The van der Waals surface area contributed by atoms with E-state index < -0.39 is 5.97 Å².